The van der Waals surface area contributed by atoms with Crippen LogP contribution in [0.2, 0.25) is 0 Å². The molecule has 2 unspecified atom stereocenters. The molecule has 2 saturated carbocycles. The van der Waals surface area contributed by atoms with Gasteiger partial charge in [-0.15, -0.1) is 0 Å². The summed E-state index contributed by atoms with van der Waals surface area (Å²) in [6.45, 7) is 4.64. The van der Waals surface area contributed by atoms with Crippen LogP contribution in [0.25, 0.3) is 0 Å². The van der Waals surface area contributed by atoms with Crippen molar-refractivity contribution in [3.63, 3.8) is 0 Å². The Morgan fingerprint density at radius 1 is 0.366 bits per heavy atom. The van der Waals surface area contributed by atoms with Crippen LogP contribution in [0.1, 0.15) is 232 Å². The molecule has 0 amide bonds. The molecule has 1 heteroatoms. The van der Waals surface area contributed by atoms with Crippen molar-refractivity contribution >= 4 is 0 Å². The maximum atomic E-state index is 7.31. The Balaban J connectivity index is 1.69. The molecular formula is C40H78O. The van der Waals surface area contributed by atoms with Crippen LogP contribution in [0.15, 0.2) is 0 Å². The van der Waals surface area contributed by atoms with Crippen molar-refractivity contribution < 1.29 is 4.74 Å². The van der Waals surface area contributed by atoms with Gasteiger partial charge in [-0.05, 0) is 50.4 Å². The molecule has 244 valence electrons. The Hall–Kier alpha value is -0.0400. The minimum atomic E-state index is 0.563. The van der Waals surface area contributed by atoms with E-state index in [9.17, 15) is 0 Å². The van der Waals surface area contributed by atoms with Crippen LogP contribution in [-0.2, 0) is 4.74 Å². The molecule has 0 radical (unpaired) electrons. The maximum absolute atomic E-state index is 7.31. The van der Waals surface area contributed by atoms with Gasteiger partial charge in [0.15, 0.2) is 0 Å². The van der Waals surface area contributed by atoms with Crippen LogP contribution in [-0.4, -0.2) is 12.2 Å². The summed E-state index contributed by atoms with van der Waals surface area (Å²) in [6, 6.07) is 0. The van der Waals surface area contributed by atoms with Crippen molar-refractivity contribution in [3.8, 4) is 0 Å². The van der Waals surface area contributed by atoms with E-state index in [0.717, 1.165) is 11.8 Å². The van der Waals surface area contributed by atoms with Gasteiger partial charge in [0, 0.05) is 0 Å². The first-order valence-corrected chi connectivity index (χ1v) is 20.0. The van der Waals surface area contributed by atoms with Gasteiger partial charge in [-0.2, -0.15) is 0 Å². The summed E-state index contributed by atoms with van der Waals surface area (Å²) in [7, 11) is 0. The minimum absolute atomic E-state index is 0.563. The van der Waals surface area contributed by atoms with Crippen molar-refractivity contribution in [1.29, 1.82) is 0 Å². The highest BCUT2D eigenvalue weighted by molar-refractivity contribution is 4.80. The summed E-state index contributed by atoms with van der Waals surface area (Å²) in [5, 5.41) is 0. The van der Waals surface area contributed by atoms with Crippen molar-refractivity contribution in [3.05, 3.63) is 0 Å². The largest absolute Gasteiger partial charge is 0.374 e. The molecule has 0 N–H and O–H groups in total. The topological polar surface area (TPSA) is 9.23 Å². The first kappa shape index (κ1) is 37.1. The fraction of sp³-hybridized carbons (Fsp3) is 1.00. The number of hydrogen-bond acceptors (Lipinski definition) is 1. The normalized spacial score (nSPS) is 18.6. The van der Waals surface area contributed by atoms with E-state index < -0.39 is 0 Å². The number of hydrogen-bond donors (Lipinski definition) is 0. The van der Waals surface area contributed by atoms with E-state index in [4.69, 9.17) is 4.74 Å². The second-order valence-electron chi connectivity index (χ2n) is 14.7. The minimum Gasteiger partial charge on any atom is -0.374 e. The van der Waals surface area contributed by atoms with Crippen molar-refractivity contribution in [2.45, 2.75) is 244 Å². The van der Waals surface area contributed by atoms with E-state index in [1.165, 1.54) is 218 Å². The van der Waals surface area contributed by atoms with Gasteiger partial charge in [0.2, 0.25) is 0 Å². The molecular weight excluding hydrogens is 496 g/mol. The fourth-order valence-electron chi connectivity index (χ4n) is 8.09. The van der Waals surface area contributed by atoms with Crippen molar-refractivity contribution in [2.24, 2.45) is 11.8 Å². The van der Waals surface area contributed by atoms with Crippen LogP contribution >= 0.6 is 0 Å². The molecule has 1 nitrogen and oxygen atoms in total. The Labute approximate surface area is 260 Å². The number of rotatable bonds is 28. The van der Waals surface area contributed by atoms with Gasteiger partial charge < -0.3 is 4.74 Å². The zero-order valence-electron chi connectivity index (χ0n) is 28.8. The van der Waals surface area contributed by atoms with Crippen molar-refractivity contribution in [1.82, 2.24) is 0 Å². The lowest BCUT2D eigenvalue weighted by Crippen LogP contribution is -2.35. The first-order valence-electron chi connectivity index (χ1n) is 20.0. The molecule has 2 aliphatic rings. The quantitative estimate of drug-likeness (QED) is 0.0844. The summed E-state index contributed by atoms with van der Waals surface area (Å²) in [5.41, 5.74) is 0. The molecule has 0 heterocycles. The van der Waals surface area contributed by atoms with Gasteiger partial charge in [0.1, 0.15) is 0 Å². The van der Waals surface area contributed by atoms with Gasteiger partial charge in [0.25, 0.3) is 0 Å². The molecule has 0 aromatic rings. The third kappa shape index (κ3) is 19.8. The summed E-state index contributed by atoms with van der Waals surface area (Å²) in [5.74, 6) is 1.71. The molecule has 2 atom stereocenters. The average molecular weight is 575 g/mol. The summed E-state index contributed by atoms with van der Waals surface area (Å²) in [6.07, 6.45) is 50.2. The number of ether oxygens (including phenoxy) is 1. The highest BCUT2D eigenvalue weighted by Crippen LogP contribution is 2.36. The standard InChI is InChI=1S/C40H78O/c1-3-5-7-9-11-13-15-17-19-21-29-35-39(37-31-25-23-26-32-37)41-40(38-33-27-24-28-34-38)36-30-22-20-18-16-14-12-10-8-6-4-2/h37-40H,3-36H2,1-2H3. The van der Waals surface area contributed by atoms with Crippen LogP contribution < -0.4 is 0 Å². The van der Waals surface area contributed by atoms with Gasteiger partial charge in [-0.3, -0.25) is 0 Å². The van der Waals surface area contributed by atoms with E-state index in [0.29, 0.717) is 12.2 Å². The Morgan fingerprint density at radius 3 is 0.927 bits per heavy atom. The smallest absolute Gasteiger partial charge is 0.0607 e. The SMILES string of the molecule is CCCCCCCCCCCCCC(OC(CCCCCCCCCCCCC)C1CCCCC1)C1CCCCC1. The number of unbranched alkanes of at least 4 members (excludes halogenated alkanes) is 20. The van der Waals surface area contributed by atoms with Crippen LogP contribution in [0.5, 0.6) is 0 Å². The second kappa shape index (κ2) is 27.5. The lowest BCUT2D eigenvalue weighted by Gasteiger charge is -2.37. The lowest BCUT2D eigenvalue weighted by atomic mass is 9.81. The molecule has 0 spiro atoms. The summed E-state index contributed by atoms with van der Waals surface area (Å²) >= 11 is 0. The van der Waals surface area contributed by atoms with Gasteiger partial charge in [-0.1, -0.05) is 194 Å². The van der Waals surface area contributed by atoms with E-state index in [2.05, 4.69) is 13.8 Å². The van der Waals surface area contributed by atoms with E-state index >= 15 is 0 Å². The summed E-state index contributed by atoms with van der Waals surface area (Å²) in [4.78, 5) is 0. The van der Waals surface area contributed by atoms with Gasteiger partial charge in [0.05, 0.1) is 12.2 Å². The van der Waals surface area contributed by atoms with Crippen molar-refractivity contribution in [2.75, 3.05) is 0 Å². The lowest BCUT2D eigenvalue weighted by molar-refractivity contribution is -0.0888. The van der Waals surface area contributed by atoms with Gasteiger partial charge in [-0.25, -0.2) is 0 Å². The predicted octanol–water partition coefficient (Wildman–Crippen LogP) is 14.3. The Kier molecular flexibility index (Phi) is 24.9. The molecule has 0 aromatic heterocycles. The predicted molar refractivity (Wildman–Crippen MR) is 184 cm³/mol. The molecule has 2 rings (SSSR count). The highest BCUT2D eigenvalue weighted by atomic mass is 16.5. The van der Waals surface area contributed by atoms with Crippen LogP contribution in [0.3, 0.4) is 0 Å². The summed E-state index contributed by atoms with van der Waals surface area (Å²) < 4.78 is 7.31. The molecule has 0 bridgehead atoms. The Morgan fingerprint density at radius 2 is 0.634 bits per heavy atom. The maximum Gasteiger partial charge on any atom is 0.0607 e. The van der Waals surface area contributed by atoms with Crippen LogP contribution in [0, 0.1) is 11.8 Å². The fourth-order valence-corrected chi connectivity index (χ4v) is 8.09. The zero-order chi connectivity index (χ0) is 29.1. The molecule has 0 aliphatic heterocycles. The first-order chi connectivity index (χ1) is 20.3. The van der Waals surface area contributed by atoms with E-state index in [1.54, 1.807) is 0 Å². The monoisotopic (exact) mass is 575 g/mol. The second-order valence-corrected chi connectivity index (χ2v) is 14.7. The molecule has 0 saturated heterocycles. The van der Waals surface area contributed by atoms with E-state index in [-0.39, 0.29) is 0 Å². The Bertz CT molecular complexity index is 471. The molecule has 0 aromatic carbocycles. The molecule has 41 heavy (non-hydrogen) atoms. The third-order valence-electron chi connectivity index (χ3n) is 10.9. The zero-order valence-corrected chi connectivity index (χ0v) is 28.8. The van der Waals surface area contributed by atoms with Gasteiger partial charge >= 0.3 is 0 Å². The molecule has 2 aliphatic carbocycles. The molecule has 2 fully saturated rings. The highest BCUT2D eigenvalue weighted by Gasteiger charge is 2.31. The average Bonchev–Trinajstić information content (AvgIpc) is 3.01. The van der Waals surface area contributed by atoms with Crippen LogP contribution in [0.4, 0.5) is 0 Å². The van der Waals surface area contributed by atoms with E-state index in [1.807, 2.05) is 0 Å². The third-order valence-corrected chi connectivity index (χ3v) is 10.9.